The van der Waals surface area contributed by atoms with E-state index in [0.29, 0.717) is 6.04 Å². The van der Waals surface area contributed by atoms with Crippen LogP contribution in [0.1, 0.15) is 24.1 Å². The van der Waals surface area contributed by atoms with Gasteiger partial charge in [-0.05, 0) is 31.0 Å². The van der Waals surface area contributed by atoms with Gasteiger partial charge in [-0.3, -0.25) is 0 Å². The first-order chi connectivity index (χ1) is 7.72. The molecule has 1 fully saturated rings. The molecule has 3 heteroatoms. The molecule has 0 aromatic heterocycles. The molecule has 1 aromatic rings. The predicted molar refractivity (Wildman–Crippen MR) is 63.9 cm³/mol. The Morgan fingerprint density at radius 3 is 2.88 bits per heavy atom. The molecule has 1 heterocycles. The van der Waals surface area contributed by atoms with Gasteiger partial charge in [-0.25, -0.2) is 0 Å². The highest BCUT2D eigenvalue weighted by Crippen LogP contribution is 2.26. The summed E-state index contributed by atoms with van der Waals surface area (Å²) in [7, 11) is 1.70. The van der Waals surface area contributed by atoms with Crippen LogP contribution in [0.2, 0.25) is 0 Å². The molecule has 1 aliphatic rings. The maximum absolute atomic E-state index is 5.65. The monoisotopic (exact) mass is 221 g/mol. The largest absolute Gasteiger partial charge is 0.496 e. The van der Waals surface area contributed by atoms with Crippen molar-refractivity contribution in [1.82, 2.24) is 5.32 Å². The van der Waals surface area contributed by atoms with Gasteiger partial charge in [0.1, 0.15) is 5.75 Å². The molecule has 0 radical (unpaired) electrons. The summed E-state index contributed by atoms with van der Waals surface area (Å²) >= 11 is 0. The molecule has 1 saturated heterocycles. The maximum atomic E-state index is 5.65. The van der Waals surface area contributed by atoms with E-state index in [1.165, 1.54) is 11.1 Å². The number of aryl methyl sites for hydroxylation is 1. The molecule has 2 unspecified atom stereocenters. The van der Waals surface area contributed by atoms with Crippen molar-refractivity contribution in [2.45, 2.75) is 26.0 Å². The molecule has 0 aliphatic carbocycles. The maximum Gasteiger partial charge on any atom is 0.121 e. The molecule has 0 bridgehead atoms. The highest BCUT2D eigenvalue weighted by Gasteiger charge is 2.23. The topological polar surface area (TPSA) is 30.5 Å². The van der Waals surface area contributed by atoms with Gasteiger partial charge in [0.25, 0.3) is 0 Å². The minimum Gasteiger partial charge on any atom is -0.496 e. The summed E-state index contributed by atoms with van der Waals surface area (Å²) in [5.74, 6) is 0.938. The fraction of sp³-hybridized carbons (Fsp3) is 0.538. The third kappa shape index (κ3) is 2.20. The summed E-state index contributed by atoms with van der Waals surface area (Å²) in [4.78, 5) is 0. The van der Waals surface area contributed by atoms with Gasteiger partial charge in [-0.1, -0.05) is 12.1 Å². The van der Waals surface area contributed by atoms with Crippen molar-refractivity contribution in [3.05, 3.63) is 29.3 Å². The van der Waals surface area contributed by atoms with Crippen molar-refractivity contribution in [3.63, 3.8) is 0 Å². The lowest BCUT2D eigenvalue weighted by Crippen LogP contribution is -2.40. The van der Waals surface area contributed by atoms with Crippen LogP contribution in [-0.4, -0.2) is 26.4 Å². The van der Waals surface area contributed by atoms with Crippen LogP contribution in [0, 0.1) is 6.92 Å². The SMILES string of the molecule is COc1ccc(C2NCCOC2C)cc1C. The lowest BCUT2D eigenvalue weighted by atomic mass is 9.99. The fourth-order valence-electron chi connectivity index (χ4n) is 2.21. The predicted octanol–water partition coefficient (Wildman–Crippen LogP) is 2.05. The molecular weight excluding hydrogens is 202 g/mol. The van der Waals surface area contributed by atoms with Gasteiger partial charge in [-0.15, -0.1) is 0 Å². The molecule has 88 valence electrons. The van der Waals surface area contributed by atoms with Crippen molar-refractivity contribution in [3.8, 4) is 5.75 Å². The second-order valence-corrected chi connectivity index (χ2v) is 4.24. The molecule has 0 spiro atoms. The molecule has 3 nitrogen and oxygen atoms in total. The number of methoxy groups -OCH3 is 1. The van der Waals surface area contributed by atoms with Crippen LogP contribution in [0.5, 0.6) is 5.75 Å². The van der Waals surface area contributed by atoms with Gasteiger partial charge in [0, 0.05) is 6.54 Å². The summed E-state index contributed by atoms with van der Waals surface area (Å²) in [6, 6.07) is 6.59. The molecule has 1 N–H and O–H groups in total. The van der Waals surface area contributed by atoms with Gasteiger partial charge in [0.2, 0.25) is 0 Å². The fourth-order valence-corrected chi connectivity index (χ4v) is 2.21. The molecule has 2 atom stereocenters. The standard InChI is InChI=1S/C13H19NO2/c1-9-8-11(4-5-12(9)15-3)13-10(2)16-7-6-14-13/h4-5,8,10,13-14H,6-7H2,1-3H3. The van der Waals surface area contributed by atoms with E-state index in [0.717, 1.165) is 18.9 Å². The van der Waals surface area contributed by atoms with E-state index in [-0.39, 0.29) is 6.10 Å². The average molecular weight is 221 g/mol. The van der Waals surface area contributed by atoms with Crippen LogP contribution >= 0.6 is 0 Å². The summed E-state index contributed by atoms with van der Waals surface area (Å²) in [6.07, 6.45) is 0.224. The van der Waals surface area contributed by atoms with Crippen LogP contribution in [-0.2, 0) is 4.74 Å². The number of rotatable bonds is 2. The summed E-state index contributed by atoms with van der Waals surface area (Å²) in [5.41, 5.74) is 2.44. The zero-order chi connectivity index (χ0) is 11.5. The third-order valence-corrected chi connectivity index (χ3v) is 3.09. The van der Waals surface area contributed by atoms with Gasteiger partial charge < -0.3 is 14.8 Å². The first-order valence-electron chi connectivity index (χ1n) is 5.72. The highest BCUT2D eigenvalue weighted by molar-refractivity contribution is 5.37. The van der Waals surface area contributed by atoms with Crippen molar-refractivity contribution in [1.29, 1.82) is 0 Å². The van der Waals surface area contributed by atoms with E-state index in [1.54, 1.807) is 7.11 Å². The molecule has 2 rings (SSSR count). The Morgan fingerprint density at radius 1 is 1.44 bits per heavy atom. The van der Waals surface area contributed by atoms with Crippen molar-refractivity contribution >= 4 is 0 Å². The van der Waals surface area contributed by atoms with E-state index >= 15 is 0 Å². The molecule has 0 amide bonds. The van der Waals surface area contributed by atoms with Crippen LogP contribution in [0.15, 0.2) is 18.2 Å². The molecular formula is C13H19NO2. The number of nitrogens with one attached hydrogen (secondary N) is 1. The number of hydrogen-bond acceptors (Lipinski definition) is 3. The van der Waals surface area contributed by atoms with E-state index < -0.39 is 0 Å². The van der Waals surface area contributed by atoms with E-state index in [9.17, 15) is 0 Å². The van der Waals surface area contributed by atoms with E-state index in [4.69, 9.17) is 9.47 Å². The molecule has 1 aromatic carbocycles. The van der Waals surface area contributed by atoms with Gasteiger partial charge >= 0.3 is 0 Å². The zero-order valence-corrected chi connectivity index (χ0v) is 10.1. The highest BCUT2D eigenvalue weighted by atomic mass is 16.5. The summed E-state index contributed by atoms with van der Waals surface area (Å²) in [6.45, 7) is 5.89. The normalized spacial score (nSPS) is 25.4. The Kier molecular flexibility index (Phi) is 3.46. The Bertz CT molecular complexity index is 365. The number of hydrogen-bond donors (Lipinski definition) is 1. The molecule has 1 aliphatic heterocycles. The number of ether oxygens (including phenoxy) is 2. The van der Waals surface area contributed by atoms with Crippen LogP contribution in [0.4, 0.5) is 0 Å². The van der Waals surface area contributed by atoms with Gasteiger partial charge in [0.15, 0.2) is 0 Å². The second kappa shape index (κ2) is 4.85. The molecule has 16 heavy (non-hydrogen) atoms. The Balaban J connectivity index is 2.22. The lowest BCUT2D eigenvalue weighted by molar-refractivity contribution is 0.00754. The Labute approximate surface area is 96.8 Å². The minimum absolute atomic E-state index is 0.224. The second-order valence-electron chi connectivity index (χ2n) is 4.24. The number of morpholine rings is 1. The van der Waals surface area contributed by atoms with E-state index in [2.05, 4.69) is 31.3 Å². The third-order valence-electron chi connectivity index (χ3n) is 3.09. The van der Waals surface area contributed by atoms with Crippen molar-refractivity contribution in [2.75, 3.05) is 20.3 Å². The number of benzene rings is 1. The van der Waals surface area contributed by atoms with Crippen LogP contribution in [0.3, 0.4) is 0 Å². The first kappa shape index (κ1) is 11.4. The smallest absolute Gasteiger partial charge is 0.121 e. The Morgan fingerprint density at radius 2 is 2.25 bits per heavy atom. The lowest BCUT2D eigenvalue weighted by Gasteiger charge is -2.31. The van der Waals surface area contributed by atoms with Crippen molar-refractivity contribution < 1.29 is 9.47 Å². The van der Waals surface area contributed by atoms with Gasteiger partial charge in [0.05, 0.1) is 25.9 Å². The summed E-state index contributed by atoms with van der Waals surface area (Å²) < 4.78 is 10.9. The van der Waals surface area contributed by atoms with Crippen LogP contribution in [0.25, 0.3) is 0 Å². The zero-order valence-electron chi connectivity index (χ0n) is 10.1. The Hall–Kier alpha value is -1.06. The first-order valence-corrected chi connectivity index (χ1v) is 5.72. The van der Waals surface area contributed by atoms with Gasteiger partial charge in [-0.2, -0.15) is 0 Å². The van der Waals surface area contributed by atoms with Crippen LogP contribution < -0.4 is 10.1 Å². The minimum atomic E-state index is 0.224. The quantitative estimate of drug-likeness (QED) is 0.829. The summed E-state index contributed by atoms with van der Waals surface area (Å²) in [5, 5.41) is 3.48. The van der Waals surface area contributed by atoms with E-state index in [1.807, 2.05) is 6.07 Å². The van der Waals surface area contributed by atoms with Crippen molar-refractivity contribution in [2.24, 2.45) is 0 Å². The molecule has 0 saturated carbocycles. The average Bonchev–Trinajstić information content (AvgIpc) is 2.29.